The van der Waals surface area contributed by atoms with Crippen LogP contribution in [-0.4, -0.2) is 16.5 Å². The molecule has 2 aromatic rings. The summed E-state index contributed by atoms with van der Waals surface area (Å²) in [6.45, 7) is 4.95. The first-order valence-electron chi connectivity index (χ1n) is 6.45. The molecule has 5 heteroatoms. The highest BCUT2D eigenvalue weighted by molar-refractivity contribution is 7.09. The Labute approximate surface area is 116 Å². The van der Waals surface area contributed by atoms with Crippen LogP contribution in [-0.2, 0) is 6.42 Å². The molecule has 0 aliphatic rings. The van der Waals surface area contributed by atoms with Crippen molar-refractivity contribution in [2.75, 3.05) is 6.54 Å². The van der Waals surface area contributed by atoms with Crippen molar-refractivity contribution in [3.8, 4) is 0 Å². The van der Waals surface area contributed by atoms with Gasteiger partial charge in [-0.2, -0.15) is 0 Å². The molecular formula is C14H18FN3S. The van der Waals surface area contributed by atoms with Crippen LogP contribution in [0.1, 0.15) is 35.8 Å². The van der Waals surface area contributed by atoms with Crippen molar-refractivity contribution >= 4 is 11.3 Å². The van der Waals surface area contributed by atoms with Crippen molar-refractivity contribution in [3.63, 3.8) is 0 Å². The monoisotopic (exact) mass is 279 g/mol. The Morgan fingerprint density at radius 2 is 2.26 bits per heavy atom. The van der Waals surface area contributed by atoms with E-state index < -0.39 is 0 Å². The molecule has 2 rings (SSSR count). The molecule has 2 heterocycles. The highest BCUT2D eigenvalue weighted by Crippen LogP contribution is 2.15. The van der Waals surface area contributed by atoms with Gasteiger partial charge >= 0.3 is 0 Å². The first kappa shape index (κ1) is 14.1. The Morgan fingerprint density at radius 3 is 2.84 bits per heavy atom. The molecule has 0 aliphatic heterocycles. The number of thiazole rings is 1. The first-order chi connectivity index (χ1) is 9.19. The van der Waals surface area contributed by atoms with E-state index in [0.29, 0.717) is 0 Å². The number of pyridine rings is 1. The normalized spacial score (nSPS) is 12.6. The Balaban J connectivity index is 1.87. The van der Waals surface area contributed by atoms with Gasteiger partial charge in [-0.1, -0.05) is 6.92 Å². The van der Waals surface area contributed by atoms with Crippen LogP contribution >= 0.6 is 11.3 Å². The van der Waals surface area contributed by atoms with Gasteiger partial charge in [-0.25, -0.2) is 9.37 Å². The van der Waals surface area contributed by atoms with Crippen LogP contribution in [0.2, 0.25) is 0 Å². The number of hydrogen-bond donors (Lipinski definition) is 1. The number of rotatable bonds is 6. The third-order valence-corrected chi connectivity index (χ3v) is 3.94. The van der Waals surface area contributed by atoms with Gasteiger partial charge in [-0.3, -0.25) is 4.98 Å². The van der Waals surface area contributed by atoms with E-state index in [1.807, 2.05) is 6.92 Å². The third-order valence-electron chi connectivity index (χ3n) is 2.91. The van der Waals surface area contributed by atoms with Gasteiger partial charge in [0.05, 0.1) is 16.9 Å². The molecule has 1 atom stereocenters. The minimum atomic E-state index is -0.295. The van der Waals surface area contributed by atoms with Gasteiger partial charge in [0.25, 0.3) is 0 Å². The maximum absolute atomic E-state index is 12.8. The molecule has 102 valence electrons. The van der Waals surface area contributed by atoms with Crippen molar-refractivity contribution in [2.45, 2.75) is 32.7 Å². The van der Waals surface area contributed by atoms with Crippen molar-refractivity contribution in [3.05, 3.63) is 45.9 Å². The van der Waals surface area contributed by atoms with E-state index >= 15 is 0 Å². The van der Waals surface area contributed by atoms with Gasteiger partial charge in [0.1, 0.15) is 5.82 Å². The smallest absolute Gasteiger partial charge is 0.141 e. The molecule has 2 aromatic heterocycles. The number of aryl methyl sites for hydroxylation is 1. The fourth-order valence-electron chi connectivity index (χ4n) is 1.92. The fourth-order valence-corrected chi connectivity index (χ4v) is 2.70. The molecule has 0 saturated carbocycles. The third kappa shape index (κ3) is 4.08. The zero-order valence-corrected chi connectivity index (χ0v) is 12.0. The van der Waals surface area contributed by atoms with E-state index in [-0.39, 0.29) is 11.9 Å². The van der Waals surface area contributed by atoms with Crippen LogP contribution in [0.5, 0.6) is 0 Å². The summed E-state index contributed by atoms with van der Waals surface area (Å²) in [5.41, 5.74) is 1.96. The molecule has 19 heavy (non-hydrogen) atoms. The van der Waals surface area contributed by atoms with Gasteiger partial charge in [-0.05, 0) is 25.5 Å². The van der Waals surface area contributed by atoms with Crippen LogP contribution < -0.4 is 5.32 Å². The fraction of sp³-hybridized carbons (Fsp3) is 0.429. The molecule has 0 spiro atoms. The summed E-state index contributed by atoms with van der Waals surface area (Å²) in [4.78, 5) is 8.56. The standard InChI is InChI=1S/C14H18FN3S/c1-3-12(13-5-4-11(15)8-17-13)16-7-6-14-18-10(2)9-19-14/h4-5,8-9,12,16H,3,6-7H2,1-2H3. The summed E-state index contributed by atoms with van der Waals surface area (Å²) < 4.78 is 12.8. The lowest BCUT2D eigenvalue weighted by Crippen LogP contribution is -2.24. The van der Waals surface area contributed by atoms with Gasteiger partial charge in [0.15, 0.2) is 0 Å². The second-order valence-electron chi connectivity index (χ2n) is 4.45. The summed E-state index contributed by atoms with van der Waals surface area (Å²) in [6.07, 6.45) is 3.11. The topological polar surface area (TPSA) is 37.8 Å². The molecule has 0 fully saturated rings. The van der Waals surface area contributed by atoms with Crippen molar-refractivity contribution in [1.29, 1.82) is 0 Å². The zero-order valence-electron chi connectivity index (χ0n) is 11.2. The largest absolute Gasteiger partial charge is 0.308 e. The maximum Gasteiger partial charge on any atom is 0.141 e. The number of hydrogen-bond acceptors (Lipinski definition) is 4. The lowest BCUT2D eigenvalue weighted by Gasteiger charge is -2.15. The number of nitrogens with zero attached hydrogens (tertiary/aromatic N) is 2. The summed E-state index contributed by atoms with van der Waals surface area (Å²) in [7, 11) is 0. The lowest BCUT2D eigenvalue weighted by molar-refractivity contribution is 0.507. The van der Waals surface area contributed by atoms with Crippen LogP contribution in [0.3, 0.4) is 0 Å². The number of halogens is 1. The maximum atomic E-state index is 12.8. The molecule has 0 radical (unpaired) electrons. The predicted molar refractivity (Wildman–Crippen MR) is 75.8 cm³/mol. The summed E-state index contributed by atoms with van der Waals surface area (Å²) in [5.74, 6) is -0.295. The van der Waals surface area contributed by atoms with E-state index in [0.717, 1.165) is 35.8 Å². The van der Waals surface area contributed by atoms with Crippen molar-refractivity contribution in [1.82, 2.24) is 15.3 Å². The molecule has 1 unspecified atom stereocenters. The van der Waals surface area contributed by atoms with E-state index in [4.69, 9.17) is 0 Å². The Bertz CT molecular complexity index is 510. The van der Waals surface area contributed by atoms with Crippen molar-refractivity contribution < 1.29 is 4.39 Å². The molecule has 1 N–H and O–H groups in total. The highest BCUT2D eigenvalue weighted by atomic mass is 32.1. The summed E-state index contributed by atoms with van der Waals surface area (Å²) in [5, 5.41) is 6.65. The molecule has 0 amide bonds. The Kier molecular flexibility index (Phi) is 4.99. The van der Waals surface area contributed by atoms with E-state index in [1.165, 1.54) is 12.3 Å². The first-order valence-corrected chi connectivity index (χ1v) is 7.33. The summed E-state index contributed by atoms with van der Waals surface area (Å²) >= 11 is 1.69. The van der Waals surface area contributed by atoms with Crippen molar-refractivity contribution in [2.24, 2.45) is 0 Å². The van der Waals surface area contributed by atoms with E-state index in [2.05, 4.69) is 27.6 Å². The second-order valence-corrected chi connectivity index (χ2v) is 5.39. The van der Waals surface area contributed by atoms with E-state index in [9.17, 15) is 4.39 Å². The van der Waals surface area contributed by atoms with Gasteiger partial charge in [-0.15, -0.1) is 11.3 Å². The number of nitrogens with one attached hydrogen (secondary N) is 1. The highest BCUT2D eigenvalue weighted by Gasteiger charge is 2.10. The zero-order chi connectivity index (χ0) is 13.7. The Morgan fingerprint density at radius 1 is 1.42 bits per heavy atom. The molecule has 0 bridgehead atoms. The molecule has 0 saturated heterocycles. The molecule has 0 aromatic carbocycles. The minimum Gasteiger partial charge on any atom is -0.308 e. The van der Waals surface area contributed by atoms with Gasteiger partial charge in [0.2, 0.25) is 0 Å². The van der Waals surface area contributed by atoms with E-state index in [1.54, 1.807) is 17.4 Å². The lowest BCUT2D eigenvalue weighted by atomic mass is 10.1. The minimum absolute atomic E-state index is 0.168. The number of aromatic nitrogens is 2. The van der Waals surface area contributed by atoms with Gasteiger partial charge < -0.3 is 5.32 Å². The summed E-state index contributed by atoms with van der Waals surface area (Å²) in [6, 6.07) is 3.36. The second kappa shape index (κ2) is 6.73. The quantitative estimate of drug-likeness (QED) is 0.882. The van der Waals surface area contributed by atoms with Gasteiger partial charge in [0, 0.05) is 30.1 Å². The Hall–Kier alpha value is -1.33. The SMILES string of the molecule is CCC(NCCc1nc(C)cs1)c1ccc(F)cn1. The van der Waals surface area contributed by atoms with Crippen LogP contribution in [0.4, 0.5) is 4.39 Å². The molecular weight excluding hydrogens is 261 g/mol. The average molecular weight is 279 g/mol. The molecule has 0 aliphatic carbocycles. The van der Waals surface area contributed by atoms with Crippen LogP contribution in [0, 0.1) is 12.7 Å². The average Bonchev–Trinajstić information content (AvgIpc) is 2.82. The van der Waals surface area contributed by atoms with Crippen LogP contribution in [0.25, 0.3) is 0 Å². The predicted octanol–water partition coefficient (Wildman–Crippen LogP) is 3.27. The van der Waals surface area contributed by atoms with Crippen LogP contribution in [0.15, 0.2) is 23.7 Å². The molecule has 3 nitrogen and oxygen atoms in total.